The highest BCUT2D eigenvalue weighted by Crippen LogP contribution is 2.33. The summed E-state index contributed by atoms with van der Waals surface area (Å²) in [6.07, 6.45) is 7.58. The predicted octanol–water partition coefficient (Wildman–Crippen LogP) is 4.15. The molecule has 0 saturated heterocycles. The standard InChI is InChI=1S/C12H26OS.HNO2/c1-4-7-9-11(6-3)12(13,14)10-8-5-2;2-1-3/h11,13-14H,4-10H2,1-3H3;(H,2,3). The van der Waals surface area contributed by atoms with Gasteiger partial charge in [-0.3, -0.25) is 0 Å². The molecule has 0 fully saturated rings. The fraction of sp³-hybridized carbons (Fsp3) is 1.00. The van der Waals surface area contributed by atoms with E-state index < -0.39 is 4.93 Å². The minimum absolute atomic E-state index is 0.359. The van der Waals surface area contributed by atoms with Gasteiger partial charge in [0.15, 0.2) is 5.34 Å². The van der Waals surface area contributed by atoms with Crippen molar-refractivity contribution in [2.24, 2.45) is 11.3 Å². The highest BCUT2D eigenvalue weighted by Gasteiger charge is 2.30. The van der Waals surface area contributed by atoms with Gasteiger partial charge in [0.1, 0.15) is 4.93 Å². The van der Waals surface area contributed by atoms with Gasteiger partial charge in [-0.1, -0.05) is 40.0 Å². The van der Waals surface area contributed by atoms with E-state index in [4.69, 9.17) is 10.1 Å². The fourth-order valence-electron chi connectivity index (χ4n) is 1.85. The van der Waals surface area contributed by atoms with Crippen LogP contribution in [0.5, 0.6) is 0 Å². The van der Waals surface area contributed by atoms with E-state index in [1.54, 1.807) is 0 Å². The van der Waals surface area contributed by atoms with Crippen LogP contribution in [0.1, 0.15) is 65.7 Å². The van der Waals surface area contributed by atoms with E-state index in [0.717, 1.165) is 32.1 Å². The highest BCUT2D eigenvalue weighted by molar-refractivity contribution is 7.81. The van der Waals surface area contributed by atoms with Crippen LogP contribution in [0.15, 0.2) is 5.34 Å². The lowest BCUT2D eigenvalue weighted by molar-refractivity contribution is 0.0554. The Balaban J connectivity index is 0. The summed E-state index contributed by atoms with van der Waals surface area (Å²) in [6.45, 7) is 6.49. The van der Waals surface area contributed by atoms with Crippen molar-refractivity contribution in [1.29, 1.82) is 0 Å². The number of nitrogens with zero attached hydrogens (tertiary/aromatic N) is 1. The Morgan fingerprint density at radius 1 is 1.24 bits per heavy atom. The van der Waals surface area contributed by atoms with Crippen LogP contribution >= 0.6 is 12.6 Å². The summed E-state index contributed by atoms with van der Waals surface area (Å²) in [7, 11) is 0. The van der Waals surface area contributed by atoms with Crippen LogP contribution in [-0.4, -0.2) is 15.2 Å². The molecular formula is C12H27NO3S. The molecule has 0 aliphatic heterocycles. The maximum absolute atomic E-state index is 10.2. The Morgan fingerprint density at radius 3 is 2.06 bits per heavy atom. The normalized spacial score (nSPS) is 15.4. The molecule has 0 aromatic rings. The second-order valence-corrected chi connectivity index (χ2v) is 5.09. The van der Waals surface area contributed by atoms with E-state index in [9.17, 15) is 5.11 Å². The molecule has 0 bridgehead atoms. The minimum atomic E-state index is -0.736. The average molecular weight is 265 g/mol. The van der Waals surface area contributed by atoms with Gasteiger partial charge in [-0.25, -0.2) is 0 Å². The second-order valence-electron chi connectivity index (χ2n) is 4.31. The van der Waals surface area contributed by atoms with Crippen molar-refractivity contribution in [3.05, 3.63) is 4.91 Å². The summed E-state index contributed by atoms with van der Waals surface area (Å²) in [4.78, 5) is 7.37. The third-order valence-electron chi connectivity index (χ3n) is 2.95. The van der Waals surface area contributed by atoms with Gasteiger partial charge in [-0.15, -0.1) is 17.5 Å². The molecule has 2 atom stereocenters. The van der Waals surface area contributed by atoms with Crippen molar-refractivity contribution < 1.29 is 10.3 Å². The molecule has 0 aliphatic carbocycles. The molecule has 2 unspecified atom stereocenters. The molecule has 17 heavy (non-hydrogen) atoms. The van der Waals surface area contributed by atoms with Crippen LogP contribution < -0.4 is 0 Å². The first kappa shape index (κ1) is 19.1. The topological polar surface area (TPSA) is 69.9 Å². The Labute approximate surface area is 110 Å². The lowest BCUT2D eigenvalue weighted by Gasteiger charge is -2.31. The summed E-state index contributed by atoms with van der Waals surface area (Å²) in [5, 5.41) is 18.1. The van der Waals surface area contributed by atoms with Crippen LogP contribution in [0, 0.1) is 10.8 Å². The van der Waals surface area contributed by atoms with E-state index in [0.29, 0.717) is 5.92 Å². The first-order chi connectivity index (χ1) is 7.99. The largest absolute Gasteiger partial charge is 0.379 e. The molecule has 0 heterocycles. The molecule has 0 amide bonds. The zero-order chi connectivity index (χ0) is 13.7. The van der Waals surface area contributed by atoms with E-state index in [1.165, 1.54) is 18.2 Å². The number of hydrogen-bond acceptors (Lipinski definition) is 4. The van der Waals surface area contributed by atoms with Gasteiger partial charge in [0.05, 0.1) is 0 Å². The predicted molar refractivity (Wildman–Crippen MR) is 74.3 cm³/mol. The molecule has 0 radical (unpaired) electrons. The zero-order valence-electron chi connectivity index (χ0n) is 11.2. The molecule has 4 nitrogen and oxygen atoms in total. The van der Waals surface area contributed by atoms with Crippen LogP contribution in [0.4, 0.5) is 0 Å². The number of aliphatic hydroxyl groups is 1. The van der Waals surface area contributed by atoms with E-state index in [1.807, 2.05) is 0 Å². The molecule has 0 aliphatic rings. The van der Waals surface area contributed by atoms with E-state index >= 15 is 0 Å². The molecule has 0 aromatic carbocycles. The number of thiol groups is 1. The molecule has 2 N–H and O–H groups in total. The highest BCUT2D eigenvalue weighted by atomic mass is 32.1. The number of rotatable bonds is 8. The molecule has 5 heteroatoms. The van der Waals surface area contributed by atoms with Gasteiger partial charge in [0.25, 0.3) is 0 Å². The van der Waals surface area contributed by atoms with Gasteiger partial charge in [-0.05, 0) is 31.6 Å². The van der Waals surface area contributed by atoms with Gasteiger partial charge in [-0.2, -0.15) is 0 Å². The zero-order valence-corrected chi connectivity index (χ0v) is 12.1. The quantitative estimate of drug-likeness (QED) is 0.267. The molecule has 104 valence electrons. The molecule has 0 rings (SSSR count). The van der Waals surface area contributed by atoms with Crippen molar-refractivity contribution in [2.45, 2.75) is 70.7 Å². The Kier molecular flexibility index (Phi) is 13.6. The third kappa shape index (κ3) is 10.6. The van der Waals surface area contributed by atoms with Crippen molar-refractivity contribution in [2.75, 3.05) is 0 Å². The minimum Gasteiger partial charge on any atom is -0.379 e. The summed E-state index contributed by atoms with van der Waals surface area (Å²) >= 11 is 4.42. The Hall–Kier alpha value is -0.290. The molecule has 0 saturated carbocycles. The van der Waals surface area contributed by atoms with Crippen molar-refractivity contribution in [1.82, 2.24) is 0 Å². The number of hydrogen-bond donors (Lipinski definition) is 3. The summed E-state index contributed by atoms with van der Waals surface area (Å²) in [5.74, 6) is 0.359. The van der Waals surface area contributed by atoms with Gasteiger partial charge in [0, 0.05) is 0 Å². The van der Waals surface area contributed by atoms with Crippen LogP contribution in [-0.2, 0) is 0 Å². The monoisotopic (exact) mass is 265 g/mol. The third-order valence-corrected chi connectivity index (χ3v) is 3.54. The molecule has 0 aromatic heterocycles. The van der Waals surface area contributed by atoms with Crippen LogP contribution in [0.3, 0.4) is 0 Å². The van der Waals surface area contributed by atoms with Crippen LogP contribution in [0.2, 0.25) is 0 Å². The summed E-state index contributed by atoms with van der Waals surface area (Å²) in [5.41, 5.74) is 0. The molecular weight excluding hydrogens is 238 g/mol. The van der Waals surface area contributed by atoms with Crippen molar-refractivity contribution >= 4 is 12.6 Å². The van der Waals surface area contributed by atoms with Gasteiger partial charge < -0.3 is 10.3 Å². The maximum Gasteiger partial charge on any atom is 0.152 e. The first-order valence-electron chi connectivity index (χ1n) is 6.41. The lowest BCUT2D eigenvalue weighted by Crippen LogP contribution is -2.31. The SMILES string of the molecule is CCCCC(CC)C(O)(S)CCCC.O=NO. The summed E-state index contributed by atoms with van der Waals surface area (Å²) in [6, 6.07) is 0. The number of unbranched alkanes of at least 4 members (excludes halogenated alkanes) is 2. The second kappa shape index (κ2) is 12.2. The molecule has 0 spiro atoms. The smallest absolute Gasteiger partial charge is 0.152 e. The first-order valence-corrected chi connectivity index (χ1v) is 6.86. The van der Waals surface area contributed by atoms with Crippen molar-refractivity contribution in [3.63, 3.8) is 0 Å². The summed E-state index contributed by atoms with van der Waals surface area (Å²) < 4.78 is 0. The Morgan fingerprint density at radius 2 is 1.71 bits per heavy atom. The fourth-order valence-corrected chi connectivity index (χ4v) is 2.32. The average Bonchev–Trinajstić information content (AvgIpc) is 2.28. The van der Waals surface area contributed by atoms with E-state index in [2.05, 4.69) is 33.4 Å². The van der Waals surface area contributed by atoms with Crippen LogP contribution in [0.25, 0.3) is 0 Å². The van der Waals surface area contributed by atoms with Gasteiger partial charge in [0.2, 0.25) is 0 Å². The maximum atomic E-state index is 10.2. The van der Waals surface area contributed by atoms with Crippen molar-refractivity contribution in [3.8, 4) is 0 Å². The Bertz CT molecular complexity index is 177. The van der Waals surface area contributed by atoms with Gasteiger partial charge >= 0.3 is 0 Å². The van der Waals surface area contributed by atoms with E-state index in [-0.39, 0.29) is 0 Å². The lowest BCUT2D eigenvalue weighted by atomic mass is 9.90.